The number of hydrogen-bond acceptors (Lipinski definition) is 5. The lowest BCUT2D eigenvalue weighted by molar-refractivity contribution is 0.0730. The molecule has 7 nitrogen and oxygen atoms in total. The van der Waals surface area contributed by atoms with E-state index in [4.69, 9.17) is 10.5 Å². The van der Waals surface area contributed by atoms with Crippen LogP contribution in [0.4, 0.5) is 0 Å². The topological polar surface area (TPSA) is 90.5 Å². The van der Waals surface area contributed by atoms with E-state index in [2.05, 4.69) is 5.10 Å². The first kappa shape index (κ1) is 15.4. The van der Waals surface area contributed by atoms with E-state index >= 15 is 0 Å². The first-order chi connectivity index (χ1) is 9.48. The van der Waals surface area contributed by atoms with Crippen molar-refractivity contribution in [3.63, 3.8) is 0 Å². The monoisotopic (exact) mass is 302 g/mol. The predicted octanol–water partition coefficient (Wildman–Crippen LogP) is -0.130. The Hall–Kier alpha value is -0.960. The van der Waals surface area contributed by atoms with Crippen molar-refractivity contribution in [2.75, 3.05) is 32.8 Å². The minimum atomic E-state index is -3.49. The van der Waals surface area contributed by atoms with Crippen molar-refractivity contribution in [2.45, 2.75) is 31.7 Å². The summed E-state index contributed by atoms with van der Waals surface area (Å²) >= 11 is 0. The maximum Gasteiger partial charge on any atom is 0.246 e. The van der Waals surface area contributed by atoms with Crippen LogP contribution in [0.25, 0.3) is 0 Å². The third-order valence-electron chi connectivity index (χ3n) is 3.46. The lowest BCUT2D eigenvalue weighted by Gasteiger charge is -2.26. The molecular weight excluding hydrogens is 280 g/mol. The highest BCUT2D eigenvalue weighted by Gasteiger charge is 2.31. The molecule has 1 aromatic rings. The molecule has 1 aliphatic rings. The van der Waals surface area contributed by atoms with Crippen LogP contribution >= 0.6 is 0 Å². The van der Waals surface area contributed by atoms with Crippen molar-refractivity contribution < 1.29 is 13.2 Å². The average molecular weight is 302 g/mol. The molecule has 20 heavy (non-hydrogen) atoms. The average Bonchev–Trinajstić information content (AvgIpc) is 2.72. The molecule has 0 aromatic carbocycles. The number of sulfonamides is 1. The molecule has 2 heterocycles. The summed E-state index contributed by atoms with van der Waals surface area (Å²) in [6.45, 7) is 6.41. The molecule has 2 rings (SSSR count). The van der Waals surface area contributed by atoms with Gasteiger partial charge in [0.15, 0.2) is 0 Å². The normalized spacial score (nSPS) is 17.6. The lowest BCUT2D eigenvalue weighted by Crippen LogP contribution is -2.41. The van der Waals surface area contributed by atoms with Crippen molar-refractivity contribution in [1.82, 2.24) is 14.1 Å². The minimum absolute atomic E-state index is 0.330. The van der Waals surface area contributed by atoms with E-state index in [1.165, 1.54) is 4.31 Å². The van der Waals surface area contributed by atoms with Crippen LogP contribution in [0.3, 0.4) is 0 Å². The zero-order valence-corrected chi connectivity index (χ0v) is 12.8. The first-order valence-corrected chi connectivity index (χ1v) is 8.24. The molecule has 0 aliphatic carbocycles. The highest BCUT2D eigenvalue weighted by Crippen LogP contribution is 2.24. The summed E-state index contributed by atoms with van der Waals surface area (Å²) < 4.78 is 33.8. The maximum atomic E-state index is 12.7. The van der Waals surface area contributed by atoms with Gasteiger partial charge in [0, 0.05) is 19.6 Å². The van der Waals surface area contributed by atoms with Crippen LogP contribution in [0.2, 0.25) is 0 Å². The van der Waals surface area contributed by atoms with Crippen LogP contribution in [0, 0.1) is 13.8 Å². The highest BCUT2D eigenvalue weighted by molar-refractivity contribution is 7.89. The zero-order chi connectivity index (χ0) is 14.8. The summed E-state index contributed by atoms with van der Waals surface area (Å²) in [5.74, 6) is 0. The van der Waals surface area contributed by atoms with Gasteiger partial charge in [-0.1, -0.05) is 0 Å². The van der Waals surface area contributed by atoms with Crippen molar-refractivity contribution in [2.24, 2.45) is 5.73 Å². The van der Waals surface area contributed by atoms with E-state index < -0.39 is 10.0 Å². The van der Waals surface area contributed by atoms with Crippen LogP contribution in [0.15, 0.2) is 4.90 Å². The Labute approximate surface area is 119 Å². The summed E-state index contributed by atoms with van der Waals surface area (Å²) in [5, 5.41) is 4.33. The molecule has 0 bridgehead atoms. The third kappa shape index (κ3) is 2.88. The molecule has 0 spiro atoms. The van der Waals surface area contributed by atoms with Gasteiger partial charge in [-0.15, -0.1) is 0 Å². The van der Waals surface area contributed by atoms with Gasteiger partial charge in [-0.25, -0.2) is 8.42 Å². The highest BCUT2D eigenvalue weighted by atomic mass is 32.2. The molecular formula is C12H22N4O3S. The van der Waals surface area contributed by atoms with Gasteiger partial charge >= 0.3 is 0 Å². The van der Waals surface area contributed by atoms with Crippen molar-refractivity contribution in [1.29, 1.82) is 0 Å². The Kier molecular flexibility index (Phi) is 4.79. The van der Waals surface area contributed by atoms with Crippen LogP contribution < -0.4 is 5.73 Å². The summed E-state index contributed by atoms with van der Waals surface area (Å²) in [5.41, 5.74) is 6.72. The standard InChI is InChI=1S/C12H22N4O3S/c1-10-12(11(2)16(14-10)5-3-4-13)20(17,18)15-6-8-19-9-7-15/h3-9,13H2,1-2H3. The van der Waals surface area contributed by atoms with Crippen LogP contribution in [-0.2, 0) is 21.3 Å². The molecule has 1 saturated heterocycles. The molecule has 1 aromatic heterocycles. The second kappa shape index (κ2) is 6.21. The number of rotatable bonds is 5. The lowest BCUT2D eigenvalue weighted by atomic mass is 10.4. The largest absolute Gasteiger partial charge is 0.379 e. The molecule has 0 unspecified atom stereocenters. The molecule has 8 heteroatoms. The fourth-order valence-electron chi connectivity index (χ4n) is 2.43. The molecule has 0 atom stereocenters. The van der Waals surface area contributed by atoms with Crippen molar-refractivity contribution >= 4 is 10.0 Å². The Balaban J connectivity index is 2.33. The fraction of sp³-hybridized carbons (Fsp3) is 0.750. The van der Waals surface area contributed by atoms with E-state index in [-0.39, 0.29) is 0 Å². The summed E-state index contributed by atoms with van der Waals surface area (Å²) in [6, 6.07) is 0. The summed E-state index contributed by atoms with van der Waals surface area (Å²) in [4.78, 5) is 0.330. The van der Waals surface area contributed by atoms with Gasteiger partial charge in [-0.2, -0.15) is 9.40 Å². The summed E-state index contributed by atoms with van der Waals surface area (Å²) in [6.07, 6.45) is 0.777. The molecule has 2 N–H and O–H groups in total. The Morgan fingerprint density at radius 3 is 2.55 bits per heavy atom. The van der Waals surface area contributed by atoms with Gasteiger partial charge in [0.25, 0.3) is 0 Å². The predicted molar refractivity (Wildman–Crippen MR) is 75.0 cm³/mol. The number of ether oxygens (including phenoxy) is 1. The van der Waals surface area contributed by atoms with E-state index in [9.17, 15) is 8.42 Å². The van der Waals surface area contributed by atoms with Crippen LogP contribution in [-0.4, -0.2) is 55.4 Å². The molecule has 1 aliphatic heterocycles. The van der Waals surface area contributed by atoms with Gasteiger partial charge in [-0.05, 0) is 26.8 Å². The number of aromatic nitrogens is 2. The second-order valence-electron chi connectivity index (χ2n) is 4.88. The van der Waals surface area contributed by atoms with Crippen LogP contribution in [0.5, 0.6) is 0 Å². The third-order valence-corrected chi connectivity index (χ3v) is 5.61. The van der Waals surface area contributed by atoms with E-state index in [1.807, 2.05) is 0 Å². The van der Waals surface area contributed by atoms with Gasteiger partial charge in [0.05, 0.1) is 24.6 Å². The van der Waals surface area contributed by atoms with Crippen molar-refractivity contribution in [3.8, 4) is 0 Å². The van der Waals surface area contributed by atoms with Crippen molar-refractivity contribution in [3.05, 3.63) is 11.4 Å². The first-order valence-electron chi connectivity index (χ1n) is 6.80. The van der Waals surface area contributed by atoms with Gasteiger partial charge in [0.2, 0.25) is 10.0 Å². The Morgan fingerprint density at radius 1 is 1.30 bits per heavy atom. The van der Waals surface area contributed by atoms with E-state index in [1.54, 1.807) is 18.5 Å². The molecule has 1 fully saturated rings. The quantitative estimate of drug-likeness (QED) is 0.818. The van der Waals surface area contributed by atoms with Gasteiger partial charge in [-0.3, -0.25) is 4.68 Å². The number of aryl methyl sites for hydroxylation is 2. The van der Waals surface area contributed by atoms with Crippen LogP contribution in [0.1, 0.15) is 17.8 Å². The SMILES string of the molecule is Cc1nn(CCCN)c(C)c1S(=O)(=O)N1CCOCC1. The maximum absolute atomic E-state index is 12.7. The smallest absolute Gasteiger partial charge is 0.246 e. The fourth-order valence-corrected chi connectivity index (χ4v) is 4.21. The second-order valence-corrected chi connectivity index (χ2v) is 6.76. The number of hydrogen-bond donors (Lipinski definition) is 1. The number of nitrogens with zero attached hydrogens (tertiary/aromatic N) is 3. The molecule has 114 valence electrons. The number of nitrogens with two attached hydrogens (primary N) is 1. The van der Waals surface area contributed by atoms with Gasteiger partial charge < -0.3 is 10.5 Å². The minimum Gasteiger partial charge on any atom is -0.379 e. The zero-order valence-electron chi connectivity index (χ0n) is 12.0. The molecule has 0 radical (unpaired) electrons. The Bertz CT molecular complexity index is 562. The molecule has 0 amide bonds. The van der Waals surface area contributed by atoms with E-state index in [0.717, 1.165) is 6.42 Å². The molecule has 0 saturated carbocycles. The Morgan fingerprint density at radius 2 is 1.95 bits per heavy atom. The number of morpholine rings is 1. The van der Waals surface area contributed by atoms with E-state index in [0.29, 0.717) is 55.7 Å². The summed E-state index contributed by atoms with van der Waals surface area (Å²) in [7, 11) is -3.49. The van der Waals surface area contributed by atoms with Gasteiger partial charge in [0.1, 0.15) is 4.90 Å².